The molecule has 11 heteroatoms. The fraction of sp³-hybridized carbons (Fsp3) is 0.200. The largest absolute Gasteiger partial charge is 0.325 e. The monoisotopic (exact) mass is 480 g/mol. The van der Waals surface area contributed by atoms with Gasteiger partial charge in [0.1, 0.15) is 11.9 Å². The molecule has 3 heterocycles. The first-order valence-corrected chi connectivity index (χ1v) is 12.0. The summed E-state index contributed by atoms with van der Waals surface area (Å²) in [4.78, 5) is 18.0. The van der Waals surface area contributed by atoms with Crippen LogP contribution in [0.25, 0.3) is 11.3 Å². The zero-order valence-electron chi connectivity index (χ0n) is 16.2. The summed E-state index contributed by atoms with van der Waals surface area (Å²) in [6.07, 6.45) is 1.91. The number of likely N-dealkylation sites (N-methyl/N-ethyl adjacent to an activating group) is 1. The third kappa shape index (κ3) is 4.63. The minimum absolute atomic E-state index is 0.136. The molecule has 1 fully saturated rings. The number of anilines is 1. The Morgan fingerprint density at radius 2 is 2.13 bits per heavy atom. The van der Waals surface area contributed by atoms with Crippen molar-refractivity contribution in [1.82, 2.24) is 14.0 Å². The van der Waals surface area contributed by atoms with Crippen molar-refractivity contribution in [2.75, 3.05) is 12.4 Å². The van der Waals surface area contributed by atoms with Crippen LogP contribution in [-0.4, -0.2) is 36.7 Å². The van der Waals surface area contributed by atoms with Gasteiger partial charge in [-0.1, -0.05) is 17.7 Å². The summed E-state index contributed by atoms with van der Waals surface area (Å²) in [5.41, 5.74) is 1.94. The number of hydrogen-bond acceptors (Lipinski definition) is 5. The number of nitrogens with one attached hydrogen (secondary N) is 2. The third-order valence-corrected chi connectivity index (χ3v) is 7.91. The number of hydrogen-bond donors (Lipinski definition) is 2. The number of benzene rings is 1. The second-order valence-corrected chi connectivity index (χ2v) is 10.1. The van der Waals surface area contributed by atoms with Crippen LogP contribution in [0.1, 0.15) is 17.3 Å². The standard InChI is InChI=1S/C20H18ClFN4O3S2/c1-26-18(20(27)24-13-5-6-15(22)14(21)9-13)10-17(25-31(26,28)29)19-8-12(11-30-19)16-4-2-3-7-23-16/h2-9,11,17-18,25H,10H2,1H3,(H,24,27)/t17-,18+/m0/s1. The summed E-state index contributed by atoms with van der Waals surface area (Å²) in [7, 11) is -2.55. The van der Waals surface area contributed by atoms with Crippen molar-refractivity contribution in [3.8, 4) is 11.3 Å². The number of aromatic nitrogens is 1. The molecule has 1 saturated heterocycles. The fourth-order valence-corrected chi connectivity index (χ4v) is 5.79. The number of carbonyl (C=O) groups excluding carboxylic acids is 1. The summed E-state index contributed by atoms with van der Waals surface area (Å²) >= 11 is 7.16. The van der Waals surface area contributed by atoms with Crippen molar-refractivity contribution in [3.63, 3.8) is 0 Å². The molecule has 0 radical (unpaired) electrons. The Morgan fingerprint density at radius 3 is 2.84 bits per heavy atom. The molecule has 1 amide bonds. The van der Waals surface area contributed by atoms with Gasteiger partial charge in [0.25, 0.3) is 10.2 Å². The molecule has 0 spiro atoms. The van der Waals surface area contributed by atoms with Crippen molar-refractivity contribution >= 4 is 44.7 Å². The maximum Gasteiger partial charge on any atom is 0.280 e. The zero-order chi connectivity index (χ0) is 22.2. The van der Waals surface area contributed by atoms with Crippen LogP contribution in [0.15, 0.2) is 54.0 Å². The lowest BCUT2D eigenvalue weighted by molar-refractivity contribution is -0.120. The van der Waals surface area contributed by atoms with E-state index in [1.54, 1.807) is 6.20 Å². The van der Waals surface area contributed by atoms with Gasteiger partial charge in [0.15, 0.2) is 0 Å². The molecule has 162 valence electrons. The Kier molecular flexibility index (Phi) is 6.09. The van der Waals surface area contributed by atoms with Gasteiger partial charge in [-0.15, -0.1) is 11.3 Å². The van der Waals surface area contributed by atoms with E-state index in [0.29, 0.717) is 0 Å². The second kappa shape index (κ2) is 8.64. The predicted octanol–water partition coefficient (Wildman–Crippen LogP) is 3.82. The van der Waals surface area contributed by atoms with E-state index in [2.05, 4.69) is 15.0 Å². The predicted molar refractivity (Wildman–Crippen MR) is 119 cm³/mol. The van der Waals surface area contributed by atoms with E-state index >= 15 is 0 Å². The van der Waals surface area contributed by atoms with E-state index < -0.39 is 34.0 Å². The molecule has 0 unspecified atom stereocenters. The molecular formula is C20H18ClFN4O3S2. The Hall–Kier alpha value is -2.37. The van der Waals surface area contributed by atoms with Crippen molar-refractivity contribution in [3.05, 3.63) is 69.8 Å². The molecule has 1 aliphatic rings. The van der Waals surface area contributed by atoms with E-state index in [-0.39, 0.29) is 17.1 Å². The van der Waals surface area contributed by atoms with E-state index in [4.69, 9.17) is 11.6 Å². The highest BCUT2D eigenvalue weighted by atomic mass is 35.5. The van der Waals surface area contributed by atoms with E-state index in [9.17, 15) is 17.6 Å². The average Bonchev–Trinajstić information content (AvgIpc) is 3.23. The summed E-state index contributed by atoms with van der Waals surface area (Å²) in [5, 5.41) is 4.39. The number of carbonyl (C=O) groups is 1. The number of pyridine rings is 1. The molecule has 2 aromatic heterocycles. The van der Waals surface area contributed by atoms with E-state index in [1.165, 1.54) is 30.5 Å². The van der Waals surface area contributed by atoms with E-state index in [0.717, 1.165) is 26.5 Å². The van der Waals surface area contributed by atoms with Crippen LogP contribution in [0.4, 0.5) is 10.1 Å². The molecule has 1 aromatic carbocycles. The molecule has 3 aromatic rings. The molecule has 4 rings (SSSR count). The highest BCUT2D eigenvalue weighted by Crippen LogP contribution is 2.34. The fourth-order valence-electron chi connectivity index (χ4n) is 3.30. The van der Waals surface area contributed by atoms with Gasteiger partial charge in [0, 0.05) is 34.8 Å². The zero-order valence-corrected chi connectivity index (χ0v) is 18.6. The lowest BCUT2D eigenvalue weighted by Gasteiger charge is -2.35. The normalized spacial score (nSPS) is 21.0. The van der Waals surface area contributed by atoms with Crippen LogP contribution in [0.5, 0.6) is 0 Å². The number of rotatable bonds is 4. The first-order valence-electron chi connectivity index (χ1n) is 9.25. The number of halogens is 2. The summed E-state index contributed by atoms with van der Waals surface area (Å²) < 4.78 is 42.3. The van der Waals surface area contributed by atoms with Gasteiger partial charge in [0.2, 0.25) is 5.91 Å². The Balaban J connectivity index is 1.57. The molecule has 1 aliphatic heterocycles. The molecular weight excluding hydrogens is 463 g/mol. The van der Waals surface area contributed by atoms with Crippen LogP contribution in [0.3, 0.4) is 0 Å². The van der Waals surface area contributed by atoms with Crippen LogP contribution in [0, 0.1) is 5.82 Å². The van der Waals surface area contributed by atoms with Crippen molar-refractivity contribution < 1.29 is 17.6 Å². The Labute approximate surface area is 188 Å². The SMILES string of the molecule is CN1[C@@H](C(=O)Nc2ccc(F)c(Cl)c2)C[C@@H](c2cc(-c3ccccn3)cs2)NS1(=O)=O. The van der Waals surface area contributed by atoms with Gasteiger partial charge < -0.3 is 5.32 Å². The van der Waals surface area contributed by atoms with Crippen molar-refractivity contribution in [1.29, 1.82) is 0 Å². The summed E-state index contributed by atoms with van der Waals surface area (Å²) in [6, 6.07) is 9.69. The molecule has 0 saturated carbocycles. The van der Waals surface area contributed by atoms with Crippen LogP contribution in [-0.2, 0) is 15.0 Å². The first-order chi connectivity index (χ1) is 14.7. The number of thiophene rings is 1. The minimum atomic E-state index is -3.89. The summed E-state index contributed by atoms with van der Waals surface area (Å²) in [6.45, 7) is 0. The van der Waals surface area contributed by atoms with E-state index in [1.807, 2.05) is 29.6 Å². The molecule has 31 heavy (non-hydrogen) atoms. The van der Waals surface area contributed by atoms with Crippen LogP contribution < -0.4 is 10.0 Å². The molecule has 2 N–H and O–H groups in total. The minimum Gasteiger partial charge on any atom is -0.325 e. The highest BCUT2D eigenvalue weighted by molar-refractivity contribution is 7.87. The van der Waals surface area contributed by atoms with Gasteiger partial charge in [-0.05, 0) is 42.8 Å². The topological polar surface area (TPSA) is 91.4 Å². The number of nitrogens with zero attached hydrogens (tertiary/aromatic N) is 2. The van der Waals surface area contributed by atoms with Gasteiger partial charge >= 0.3 is 0 Å². The van der Waals surface area contributed by atoms with Gasteiger partial charge in [-0.2, -0.15) is 17.4 Å². The lowest BCUT2D eigenvalue weighted by atomic mass is 10.0. The molecule has 0 aliphatic carbocycles. The number of amides is 1. The third-order valence-electron chi connectivity index (χ3n) is 4.98. The average molecular weight is 481 g/mol. The molecule has 2 atom stereocenters. The second-order valence-electron chi connectivity index (χ2n) is 7.01. The van der Waals surface area contributed by atoms with Gasteiger partial charge in [0.05, 0.1) is 16.8 Å². The van der Waals surface area contributed by atoms with Gasteiger partial charge in [-0.25, -0.2) is 4.39 Å². The quantitative estimate of drug-likeness (QED) is 0.593. The molecule has 0 bridgehead atoms. The smallest absolute Gasteiger partial charge is 0.280 e. The first kappa shape index (κ1) is 21.8. The molecule has 7 nitrogen and oxygen atoms in total. The van der Waals surface area contributed by atoms with Crippen molar-refractivity contribution in [2.24, 2.45) is 0 Å². The van der Waals surface area contributed by atoms with Crippen molar-refractivity contribution in [2.45, 2.75) is 18.5 Å². The Morgan fingerprint density at radius 1 is 1.32 bits per heavy atom. The Bertz CT molecular complexity index is 1220. The van der Waals surface area contributed by atoms with Crippen LogP contribution >= 0.6 is 22.9 Å². The van der Waals surface area contributed by atoms with Crippen LogP contribution in [0.2, 0.25) is 5.02 Å². The van der Waals surface area contributed by atoms with Gasteiger partial charge in [-0.3, -0.25) is 9.78 Å². The maximum atomic E-state index is 13.4. The lowest BCUT2D eigenvalue weighted by Crippen LogP contribution is -2.55. The highest BCUT2D eigenvalue weighted by Gasteiger charge is 2.41. The maximum absolute atomic E-state index is 13.4. The summed E-state index contributed by atoms with van der Waals surface area (Å²) in [5.74, 6) is -1.13.